The van der Waals surface area contributed by atoms with Gasteiger partial charge in [-0.15, -0.1) is 0 Å². The minimum atomic E-state index is -0.345. The van der Waals surface area contributed by atoms with Crippen molar-refractivity contribution in [3.8, 4) is 5.75 Å². The Morgan fingerprint density at radius 3 is 2.75 bits per heavy atom. The average Bonchev–Trinajstić information content (AvgIpc) is 2.97. The van der Waals surface area contributed by atoms with Crippen LogP contribution in [0, 0.1) is 0 Å². The number of esters is 1. The molecule has 0 unspecified atom stereocenters. The molecule has 0 fully saturated rings. The lowest BCUT2D eigenvalue weighted by Gasteiger charge is -2.10. The van der Waals surface area contributed by atoms with Crippen molar-refractivity contribution in [3.05, 3.63) is 59.3 Å². The second-order valence-corrected chi connectivity index (χ2v) is 5.54. The van der Waals surface area contributed by atoms with E-state index < -0.39 is 0 Å². The number of nitrogens with one attached hydrogen (secondary N) is 1. The lowest BCUT2D eigenvalue weighted by Crippen LogP contribution is -2.05. The third-order valence-corrected chi connectivity index (χ3v) is 3.97. The fourth-order valence-electron chi connectivity index (χ4n) is 2.78. The highest BCUT2D eigenvalue weighted by molar-refractivity contribution is 5.90. The third-order valence-electron chi connectivity index (χ3n) is 3.97. The van der Waals surface area contributed by atoms with Crippen molar-refractivity contribution in [2.75, 3.05) is 19.5 Å². The molecule has 2 aromatic carbocycles. The second kappa shape index (κ2) is 6.66. The number of benzene rings is 2. The third kappa shape index (κ3) is 3.06. The normalized spacial score (nSPS) is 10.8. The van der Waals surface area contributed by atoms with Gasteiger partial charge in [0.2, 0.25) is 0 Å². The van der Waals surface area contributed by atoms with Crippen molar-refractivity contribution in [1.82, 2.24) is 4.98 Å². The molecule has 1 heterocycles. The number of aromatic nitrogens is 1. The van der Waals surface area contributed by atoms with Crippen LogP contribution in [0.1, 0.15) is 28.4 Å². The van der Waals surface area contributed by atoms with Gasteiger partial charge in [-0.1, -0.05) is 6.07 Å². The molecule has 0 bridgehead atoms. The topological polar surface area (TPSA) is 77.3 Å². The smallest absolute Gasteiger partial charge is 0.338 e. The maximum atomic E-state index is 11.9. The Labute approximate surface area is 140 Å². The minimum Gasteiger partial charge on any atom is -0.496 e. The molecule has 1 aromatic heterocycles. The summed E-state index contributed by atoms with van der Waals surface area (Å²) in [7, 11) is 1.60. The van der Waals surface area contributed by atoms with Crippen LogP contribution in [0.3, 0.4) is 0 Å². The Bertz CT molecular complexity index is 883. The number of nitrogens with two attached hydrogens (primary N) is 1. The highest BCUT2D eigenvalue weighted by atomic mass is 16.5. The van der Waals surface area contributed by atoms with Gasteiger partial charge in [0.1, 0.15) is 5.75 Å². The summed E-state index contributed by atoms with van der Waals surface area (Å²) in [4.78, 5) is 15.1. The number of hydrogen-bond donors (Lipinski definition) is 2. The molecule has 3 aromatic rings. The number of hydrogen-bond acceptors (Lipinski definition) is 4. The maximum Gasteiger partial charge on any atom is 0.338 e. The minimum absolute atomic E-state index is 0.345. The van der Waals surface area contributed by atoms with Gasteiger partial charge in [-0.3, -0.25) is 0 Å². The lowest BCUT2D eigenvalue weighted by molar-refractivity contribution is 0.0526. The van der Waals surface area contributed by atoms with E-state index in [1.54, 1.807) is 26.2 Å². The zero-order chi connectivity index (χ0) is 17.1. The first kappa shape index (κ1) is 15.9. The van der Waals surface area contributed by atoms with Crippen molar-refractivity contribution in [3.63, 3.8) is 0 Å². The van der Waals surface area contributed by atoms with Crippen LogP contribution in [0.5, 0.6) is 5.75 Å². The Balaban J connectivity index is 1.94. The average molecular weight is 324 g/mol. The molecule has 5 nitrogen and oxygen atoms in total. The molecule has 0 aliphatic carbocycles. The first-order valence-electron chi connectivity index (χ1n) is 7.82. The van der Waals surface area contributed by atoms with E-state index >= 15 is 0 Å². The Morgan fingerprint density at radius 2 is 2.00 bits per heavy atom. The van der Waals surface area contributed by atoms with Crippen LogP contribution in [-0.4, -0.2) is 24.7 Å². The monoisotopic (exact) mass is 324 g/mol. The SMILES string of the molecule is CCOC(=O)c1ccc(Cc2c[nH]c3ccc(N)cc23)c(OC)c1. The summed E-state index contributed by atoms with van der Waals surface area (Å²) < 4.78 is 10.5. The largest absolute Gasteiger partial charge is 0.496 e. The van der Waals surface area contributed by atoms with E-state index in [1.165, 1.54) is 0 Å². The van der Waals surface area contributed by atoms with Gasteiger partial charge in [-0.05, 0) is 48.4 Å². The number of nitrogen functional groups attached to an aromatic ring is 1. The molecule has 0 saturated carbocycles. The van der Waals surface area contributed by atoms with E-state index in [4.69, 9.17) is 15.2 Å². The number of fused-ring (bicyclic) bond motifs is 1. The van der Waals surface area contributed by atoms with Crippen molar-refractivity contribution < 1.29 is 14.3 Å². The number of carbonyl (C=O) groups is 1. The van der Waals surface area contributed by atoms with Crippen molar-refractivity contribution in [1.29, 1.82) is 0 Å². The fraction of sp³-hybridized carbons (Fsp3) is 0.211. The summed E-state index contributed by atoms with van der Waals surface area (Å²) in [5.74, 6) is 0.320. The summed E-state index contributed by atoms with van der Waals surface area (Å²) in [5.41, 5.74) is 10.3. The molecule has 5 heteroatoms. The second-order valence-electron chi connectivity index (χ2n) is 5.54. The summed E-state index contributed by atoms with van der Waals surface area (Å²) in [6, 6.07) is 11.2. The zero-order valence-electron chi connectivity index (χ0n) is 13.8. The molecule has 0 aliphatic rings. The molecule has 0 spiro atoms. The number of methoxy groups -OCH3 is 1. The van der Waals surface area contributed by atoms with E-state index in [2.05, 4.69) is 4.98 Å². The highest BCUT2D eigenvalue weighted by Gasteiger charge is 2.13. The van der Waals surface area contributed by atoms with E-state index in [9.17, 15) is 4.79 Å². The number of rotatable bonds is 5. The van der Waals surface area contributed by atoms with Crippen LogP contribution >= 0.6 is 0 Å². The lowest BCUT2D eigenvalue weighted by atomic mass is 10.0. The number of H-pyrrole nitrogens is 1. The number of ether oxygens (including phenoxy) is 2. The predicted molar refractivity (Wildman–Crippen MR) is 94.5 cm³/mol. The van der Waals surface area contributed by atoms with Crippen LogP contribution < -0.4 is 10.5 Å². The molecule has 0 radical (unpaired) electrons. The van der Waals surface area contributed by atoms with Crippen molar-refractivity contribution >= 4 is 22.6 Å². The molecular formula is C19H20N2O3. The standard InChI is InChI=1S/C19H20N2O3/c1-3-24-19(22)13-5-4-12(18(9-13)23-2)8-14-11-21-17-7-6-15(20)10-16(14)17/h4-7,9-11,21H,3,8,20H2,1-2H3. The molecule has 0 atom stereocenters. The van der Waals surface area contributed by atoms with Crippen molar-refractivity contribution in [2.45, 2.75) is 13.3 Å². The Hall–Kier alpha value is -2.95. The van der Waals surface area contributed by atoms with E-state index in [1.807, 2.05) is 30.5 Å². The predicted octanol–water partition coefficient (Wildman–Crippen LogP) is 3.53. The summed E-state index contributed by atoms with van der Waals surface area (Å²) >= 11 is 0. The van der Waals surface area contributed by atoms with Crippen LogP contribution in [0.15, 0.2) is 42.6 Å². The number of aromatic amines is 1. The van der Waals surface area contributed by atoms with Crippen LogP contribution in [0.2, 0.25) is 0 Å². The van der Waals surface area contributed by atoms with Gasteiger partial charge in [0.05, 0.1) is 19.3 Å². The molecule has 3 N–H and O–H groups in total. The molecule has 124 valence electrons. The summed E-state index contributed by atoms with van der Waals surface area (Å²) in [6.45, 7) is 2.13. The van der Waals surface area contributed by atoms with Crippen LogP contribution in [-0.2, 0) is 11.2 Å². The van der Waals surface area contributed by atoms with Crippen LogP contribution in [0.25, 0.3) is 10.9 Å². The van der Waals surface area contributed by atoms with E-state index in [0.717, 1.165) is 27.7 Å². The van der Waals surface area contributed by atoms with Crippen LogP contribution in [0.4, 0.5) is 5.69 Å². The van der Waals surface area contributed by atoms with Gasteiger partial charge in [-0.2, -0.15) is 0 Å². The number of carbonyl (C=O) groups excluding carboxylic acids is 1. The first-order valence-corrected chi connectivity index (χ1v) is 7.82. The van der Waals surface area contributed by atoms with E-state index in [0.29, 0.717) is 24.3 Å². The van der Waals surface area contributed by atoms with Crippen molar-refractivity contribution in [2.24, 2.45) is 0 Å². The Kier molecular flexibility index (Phi) is 4.42. The molecular weight excluding hydrogens is 304 g/mol. The summed E-state index contributed by atoms with van der Waals surface area (Å²) in [6.07, 6.45) is 2.65. The maximum absolute atomic E-state index is 11.9. The molecule has 0 saturated heterocycles. The van der Waals surface area contributed by atoms with Gasteiger partial charge in [0.15, 0.2) is 0 Å². The van der Waals surface area contributed by atoms with Gasteiger partial charge in [0, 0.05) is 29.2 Å². The van der Waals surface area contributed by atoms with Gasteiger partial charge < -0.3 is 20.2 Å². The molecule has 0 aliphatic heterocycles. The molecule has 24 heavy (non-hydrogen) atoms. The molecule has 3 rings (SSSR count). The number of anilines is 1. The quantitative estimate of drug-likeness (QED) is 0.556. The van der Waals surface area contributed by atoms with Gasteiger partial charge >= 0.3 is 5.97 Å². The fourth-order valence-corrected chi connectivity index (χ4v) is 2.78. The zero-order valence-corrected chi connectivity index (χ0v) is 13.8. The summed E-state index contributed by atoms with van der Waals surface area (Å²) in [5, 5.41) is 1.09. The highest BCUT2D eigenvalue weighted by Crippen LogP contribution is 2.28. The van der Waals surface area contributed by atoms with E-state index in [-0.39, 0.29) is 5.97 Å². The molecule has 0 amide bonds. The first-order chi connectivity index (χ1) is 11.6. The Morgan fingerprint density at radius 1 is 1.17 bits per heavy atom. The van der Waals surface area contributed by atoms with Gasteiger partial charge in [0.25, 0.3) is 0 Å². The van der Waals surface area contributed by atoms with Gasteiger partial charge in [-0.25, -0.2) is 4.79 Å².